The largest absolute Gasteiger partial charge is 0.463 e. The van der Waals surface area contributed by atoms with Crippen molar-refractivity contribution >= 4 is 63.9 Å². The van der Waals surface area contributed by atoms with Gasteiger partial charge >= 0.3 is 5.97 Å². The molecule has 1 saturated carbocycles. The van der Waals surface area contributed by atoms with Gasteiger partial charge in [0.2, 0.25) is 0 Å². The van der Waals surface area contributed by atoms with E-state index in [0.29, 0.717) is 44.6 Å². The zero-order valence-corrected chi connectivity index (χ0v) is 21.9. The molecule has 36 heavy (non-hydrogen) atoms. The molecule has 2 aliphatic rings. The van der Waals surface area contributed by atoms with Crippen LogP contribution in [0.3, 0.4) is 0 Å². The molecule has 0 bridgehead atoms. The average molecular weight is 543 g/mol. The van der Waals surface area contributed by atoms with Gasteiger partial charge in [-0.05, 0) is 61.1 Å². The minimum absolute atomic E-state index is 0.112. The lowest BCUT2D eigenvalue weighted by molar-refractivity contribution is -0.137. The van der Waals surface area contributed by atoms with E-state index in [-0.39, 0.29) is 12.5 Å². The predicted octanol–water partition coefficient (Wildman–Crippen LogP) is 7.05. The minimum Gasteiger partial charge on any atom is -0.463 e. The number of fused-ring (bicyclic) bond motifs is 1. The molecule has 1 aromatic heterocycles. The van der Waals surface area contributed by atoms with Crippen LogP contribution in [0.5, 0.6) is 11.5 Å². The smallest absolute Gasteiger partial charge is 0.330 e. The van der Waals surface area contributed by atoms with Gasteiger partial charge in [-0.15, -0.1) is 11.3 Å². The first-order valence-corrected chi connectivity index (χ1v) is 13.4. The van der Waals surface area contributed by atoms with Crippen molar-refractivity contribution in [3.8, 4) is 11.5 Å². The monoisotopic (exact) mass is 542 g/mol. The quantitative estimate of drug-likeness (QED) is 0.236. The van der Waals surface area contributed by atoms with E-state index in [1.165, 1.54) is 36.3 Å². The number of rotatable bonds is 7. The van der Waals surface area contributed by atoms with Gasteiger partial charge in [-0.2, -0.15) is 0 Å². The number of hydrogen-bond acceptors (Lipinski definition) is 6. The Kier molecular flexibility index (Phi) is 7.23. The Labute approximate surface area is 223 Å². The van der Waals surface area contributed by atoms with Crippen molar-refractivity contribution in [2.45, 2.75) is 25.8 Å². The molecular weight excluding hydrogens is 519 g/mol. The lowest BCUT2D eigenvalue weighted by Crippen LogP contribution is -2.44. The van der Waals surface area contributed by atoms with E-state index in [2.05, 4.69) is 11.0 Å². The summed E-state index contributed by atoms with van der Waals surface area (Å²) in [6.07, 6.45) is 5.23. The normalized spacial score (nSPS) is 15.2. The maximum Gasteiger partial charge on any atom is 0.330 e. The fourth-order valence-electron chi connectivity index (χ4n) is 4.23. The zero-order valence-electron chi connectivity index (χ0n) is 19.6. The standard InChI is InChI=1S/C27H24Cl2N2O4S/c1-2-34-25(32)10-7-17-15-20(29)24(16-19(17)28)35-23-11-14-36-26(23)27(33)31-13-12-30(18-8-9-18)21-5-3-4-6-22(21)31/h3-7,10-11,14-16,18H,2,8-9,12-13H2,1H3. The number of carbonyl (C=O) groups is 2. The molecule has 0 N–H and O–H groups in total. The van der Waals surface area contributed by atoms with Gasteiger partial charge in [0.25, 0.3) is 5.91 Å². The van der Waals surface area contributed by atoms with Crippen LogP contribution in [0.4, 0.5) is 11.4 Å². The summed E-state index contributed by atoms with van der Waals surface area (Å²) in [6, 6.07) is 13.6. The molecule has 0 atom stereocenters. The maximum atomic E-state index is 13.7. The van der Waals surface area contributed by atoms with Gasteiger partial charge in [-0.25, -0.2) is 4.79 Å². The van der Waals surface area contributed by atoms with Gasteiger partial charge in [0.1, 0.15) is 10.6 Å². The Balaban J connectivity index is 1.37. The lowest BCUT2D eigenvalue weighted by Gasteiger charge is -2.37. The molecule has 1 amide bonds. The molecule has 3 aromatic rings. The van der Waals surface area contributed by atoms with Crippen LogP contribution in [-0.2, 0) is 9.53 Å². The van der Waals surface area contributed by atoms with Crippen LogP contribution in [0.15, 0.2) is 53.9 Å². The number of halogens is 2. The maximum absolute atomic E-state index is 13.7. The summed E-state index contributed by atoms with van der Waals surface area (Å²) in [5.41, 5.74) is 2.56. The second-order valence-corrected chi connectivity index (χ2v) is 10.2. The molecule has 1 fully saturated rings. The van der Waals surface area contributed by atoms with E-state index in [1.54, 1.807) is 25.1 Å². The Morgan fingerprint density at radius 2 is 1.83 bits per heavy atom. The van der Waals surface area contributed by atoms with E-state index < -0.39 is 5.97 Å². The number of carbonyl (C=O) groups excluding carboxylic acids is 2. The summed E-state index contributed by atoms with van der Waals surface area (Å²) in [6.45, 7) is 3.43. The van der Waals surface area contributed by atoms with E-state index in [4.69, 9.17) is 32.7 Å². The summed E-state index contributed by atoms with van der Waals surface area (Å²) >= 11 is 14.2. The number of esters is 1. The third kappa shape index (κ3) is 5.09. The van der Waals surface area contributed by atoms with Crippen molar-refractivity contribution in [1.29, 1.82) is 0 Å². The molecule has 1 aliphatic carbocycles. The van der Waals surface area contributed by atoms with E-state index in [0.717, 1.165) is 17.9 Å². The second-order valence-electron chi connectivity index (χ2n) is 8.48. The van der Waals surface area contributed by atoms with Crippen LogP contribution in [0.1, 0.15) is 35.0 Å². The molecular formula is C27H24Cl2N2O4S. The molecule has 186 valence electrons. The van der Waals surface area contributed by atoms with Crippen LogP contribution < -0.4 is 14.5 Å². The summed E-state index contributed by atoms with van der Waals surface area (Å²) in [5, 5.41) is 2.47. The third-order valence-electron chi connectivity index (χ3n) is 6.06. The molecule has 2 aromatic carbocycles. The SMILES string of the molecule is CCOC(=O)C=Cc1cc(Cl)c(Oc2ccsc2C(=O)N2CCN(C3CC3)c3ccccc32)cc1Cl. The number of ether oxygens (including phenoxy) is 2. The fraction of sp³-hybridized carbons (Fsp3) is 0.259. The molecule has 0 unspecified atom stereocenters. The molecule has 9 heteroatoms. The lowest BCUT2D eigenvalue weighted by atomic mass is 10.1. The zero-order chi connectivity index (χ0) is 25.2. The summed E-state index contributed by atoms with van der Waals surface area (Å²) in [7, 11) is 0. The highest BCUT2D eigenvalue weighted by molar-refractivity contribution is 7.12. The highest BCUT2D eigenvalue weighted by Crippen LogP contribution is 2.42. The average Bonchev–Trinajstić information content (AvgIpc) is 3.62. The highest BCUT2D eigenvalue weighted by Gasteiger charge is 2.36. The first-order chi connectivity index (χ1) is 17.5. The third-order valence-corrected chi connectivity index (χ3v) is 7.57. The van der Waals surface area contributed by atoms with Gasteiger partial charge < -0.3 is 19.3 Å². The molecule has 6 nitrogen and oxygen atoms in total. The van der Waals surface area contributed by atoms with E-state index in [1.807, 2.05) is 28.5 Å². The van der Waals surface area contributed by atoms with Crippen LogP contribution in [0.2, 0.25) is 10.0 Å². The Bertz CT molecular complexity index is 1340. The summed E-state index contributed by atoms with van der Waals surface area (Å²) < 4.78 is 11.0. The van der Waals surface area contributed by atoms with Gasteiger partial charge in [0.05, 0.1) is 28.0 Å². The Hall–Kier alpha value is -3.00. The first kappa shape index (κ1) is 24.7. The summed E-state index contributed by atoms with van der Waals surface area (Å²) in [4.78, 5) is 30.0. The molecule has 0 saturated heterocycles. The second kappa shape index (κ2) is 10.5. The van der Waals surface area contributed by atoms with Crippen LogP contribution in [0, 0.1) is 0 Å². The summed E-state index contributed by atoms with van der Waals surface area (Å²) in [5.74, 6) is 0.159. The van der Waals surface area contributed by atoms with Crippen molar-refractivity contribution in [1.82, 2.24) is 0 Å². The number of hydrogen-bond donors (Lipinski definition) is 0. The Morgan fingerprint density at radius 3 is 2.58 bits per heavy atom. The van der Waals surface area contributed by atoms with E-state index in [9.17, 15) is 9.59 Å². The van der Waals surface area contributed by atoms with Gasteiger partial charge in [0, 0.05) is 31.3 Å². The molecule has 0 radical (unpaired) electrons. The molecule has 0 spiro atoms. The van der Waals surface area contributed by atoms with Crippen molar-refractivity contribution in [2.24, 2.45) is 0 Å². The van der Waals surface area contributed by atoms with Crippen molar-refractivity contribution < 1.29 is 19.1 Å². The van der Waals surface area contributed by atoms with Crippen molar-refractivity contribution in [2.75, 3.05) is 29.5 Å². The Morgan fingerprint density at radius 1 is 1.06 bits per heavy atom. The number of para-hydroxylation sites is 2. The molecule has 5 rings (SSSR count). The number of benzene rings is 2. The van der Waals surface area contributed by atoms with Gasteiger partial charge in [-0.3, -0.25) is 4.79 Å². The molecule has 1 aliphatic heterocycles. The minimum atomic E-state index is -0.467. The topological polar surface area (TPSA) is 59.1 Å². The highest BCUT2D eigenvalue weighted by atomic mass is 35.5. The number of nitrogens with zero attached hydrogens (tertiary/aromatic N) is 2. The number of thiophene rings is 1. The predicted molar refractivity (Wildman–Crippen MR) is 145 cm³/mol. The molecule has 2 heterocycles. The van der Waals surface area contributed by atoms with Crippen LogP contribution in [-0.4, -0.2) is 37.6 Å². The van der Waals surface area contributed by atoms with Crippen molar-refractivity contribution in [3.05, 3.63) is 74.4 Å². The fourth-order valence-corrected chi connectivity index (χ4v) is 5.43. The van der Waals surface area contributed by atoms with E-state index >= 15 is 0 Å². The van der Waals surface area contributed by atoms with Crippen LogP contribution >= 0.6 is 34.5 Å². The number of anilines is 2. The van der Waals surface area contributed by atoms with Crippen LogP contribution in [0.25, 0.3) is 6.08 Å². The van der Waals surface area contributed by atoms with Gasteiger partial charge in [0.15, 0.2) is 5.75 Å². The van der Waals surface area contributed by atoms with Gasteiger partial charge in [-0.1, -0.05) is 35.3 Å². The van der Waals surface area contributed by atoms with Crippen molar-refractivity contribution in [3.63, 3.8) is 0 Å². The first-order valence-electron chi connectivity index (χ1n) is 11.7. The number of amides is 1.